The van der Waals surface area contributed by atoms with Gasteiger partial charge >= 0.3 is 5.97 Å². The molecule has 0 heterocycles. The van der Waals surface area contributed by atoms with Gasteiger partial charge < -0.3 is 4.74 Å². The molecule has 146 valence electrons. The van der Waals surface area contributed by atoms with Gasteiger partial charge in [0.15, 0.2) is 0 Å². The zero-order valence-electron chi connectivity index (χ0n) is 14.7. The second-order valence-corrected chi connectivity index (χ2v) is 9.97. The van der Waals surface area contributed by atoms with E-state index in [9.17, 15) is 21.6 Å². The third kappa shape index (κ3) is 7.12. The van der Waals surface area contributed by atoms with Gasteiger partial charge in [-0.15, -0.1) is 0 Å². The van der Waals surface area contributed by atoms with Gasteiger partial charge in [0, 0.05) is 6.26 Å². The molecule has 0 aliphatic carbocycles. The zero-order chi connectivity index (χ0) is 19.9. The molecule has 0 saturated heterocycles. The van der Waals surface area contributed by atoms with Crippen molar-refractivity contribution in [2.24, 2.45) is 0 Å². The van der Waals surface area contributed by atoms with Crippen molar-refractivity contribution < 1.29 is 26.4 Å². The Balaban J connectivity index is 2.13. The molecule has 2 aromatic carbocycles. The van der Waals surface area contributed by atoms with Gasteiger partial charge in [-0.3, -0.25) is 4.79 Å². The van der Waals surface area contributed by atoms with Gasteiger partial charge in [0.2, 0.25) is 10.0 Å². The van der Waals surface area contributed by atoms with Crippen LogP contribution in [0.15, 0.2) is 65.6 Å². The van der Waals surface area contributed by atoms with E-state index in [1.54, 1.807) is 42.5 Å². The Morgan fingerprint density at radius 2 is 1.52 bits per heavy atom. The third-order valence-corrected chi connectivity index (χ3v) is 6.10. The molecule has 0 unspecified atom stereocenters. The molecule has 0 saturated carbocycles. The fourth-order valence-electron chi connectivity index (χ4n) is 2.24. The SMILES string of the molecule is CS(=O)(=O)CC[C@@H](NS(=O)(=O)c1ccccc1)C(=O)OCc1ccccc1. The first kappa shape index (κ1) is 21.1. The van der Waals surface area contributed by atoms with Crippen LogP contribution in [0.3, 0.4) is 0 Å². The number of benzene rings is 2. The van der Waals surface area contributed by atoms with Crippen molar-refractivity contribution in [3.63, 3.8) is 0 Å². The highest BCUT2D eigenvalue weighted by Gasteiger charge is 2.28. The summed E-state index contributed by atoms with van der Waals surface area (Å²) in [4.78, 5) is 12.4. The highest BCUT2D eigenvalue weighted by atomic mass is 32.2. The molecule has 1 N–H and O–H groups in total. The van der Waals surface area contributed by atoms with E-state index in [1.807, 2.05) is 6.07 Å². The first-order valence-electron chi connectivity index (χ1n) is 8.13. The van der Waals surface area contributed by atoms with Crippen LogP contribution in [0.4, 0.5) is 0 Å². The lowest BCUT2D eigenvalue weighted by molar-refractivity contribution is -0.147. The second kappa shape index (κ2) is 9.12. The molecule has 1 atom stereocenters. The fraction of sp³-hybridized carbons (Fsp3) is 0.278. The van der Waals surface area contributed by atoms with Crippen LogP contribution < -0.4 is 4.72 Å². The van der Waals surface area contributed by atoms with Gasteiger partial charge in [0.05, 0.1) is 10.6 Å². The van der Waals surface area contributed by atoms with Gasteiger partial charge in [0.1, 0.15) is 22.5 Å². The molecule has 2 aromatic rings. The van der Waals surface area contributed by atoms with E-state index in [4.69, 9.17) is 4.74 Å². The van der Waals surface area contributed by atoms with Crippen molar-refractivity contribution in [2.45, 2.75) is 24.0 Å². The lowest BCUT2D eigenvalue weighted by Gasteiger charge is -2.17. The quantitative estimate of drug-likeness (QED) is 0.627. The molecular weight excluding hydrogens is 390 g/mol. The molecule has 0 aliphatic rings. The molecule has 0 spiro atoms. The van der Waals surface area contributed by atoms with Crippen molar-refractivity contribution in [2.75, 3.05) is 12.0 Å². The van der Waals surface area contributed by atoms with E-state index in [0.717, 1.165) is 11.8 Å². The van der Waals surface area contributed by atoms with Crippen molar-refractivity contribution >= 4 is 25.8 Å². The largest absolute Gasteiger partial charge is 0.460 e. The summed E-state index contributed by atoms with van der Waals surface area (Å²) in [6.45, 7) is -0.0396. The summed E-state index contributed by atoms with van der Waals surface area (Å²) in [5, 5.41) is 0. The first-order chi connectivity index (χ1) is 12.7. The van der Waals surface area contributed by atoms with Gasteiger partial charge in [-0.05, 0) is 24.1 Å². The topological polar surface area (TPSA) is 107 Å². The number of nitrogens with one attached hydrogen (secondary N) is 1. The van der Waals surface area contributed by atoms with Crippen molar-refractivity contribution in [3.05, 3.63) is 66.2 Å². The second-order valence-electron chi connectivity index (χ2n) is 6.00. The van der Waals surface area contributed by atoms with E-state index in [-0.39, 0.29) is 23.7 Å². The van der Waals surface area contributed by atoms with Gasteiger partial charge in [-0.2, -0.15) is 4.72 Å². The Morgan fingerprint density at radius 1 is 0.963 bits per heavy atom. The highest BCUT2D eigenvalue weighted by molar-refractivity contribution is 7.90. The average Bonchev–Trinajstić information content (AvgIpc) is 2.64. The summed E-state index contributed by atoms with van der Waals surface area (Å²) in [5.74, 6) is -1.18. The summed E-state index contributed by atoms with van der Waals surface area (Å²) in [5.41, 5.74) is 0.735. The summed E-state index contributed by atoms with van der Waals surface area (Å²) in [6.07, 6.45) is 0.795. The van der Waals surface area contributed by atoms with Crippen molar-refractivity contribution in [1.29, 1.82) is 0 Å². The number of carbonyl (C=O) groups excluding carboxylic acids is 1. The minimum atomic E-state index is -4.00. The number of hydrogen-bond donors (Lipinski definition) is 1. The van der Waals surface area contributed by atoms with Crippen LogP contribution in [0.1, 0.15) is 12.0 Å². The van der Waals surface area contributed by atoms with Crippen LogP contribution in [0, 0.1) is 0 Å². The van der Waals surface area contributed by atoms with Gasteiger partial charge in [-0.1, -0.05) is 48.5 Å². The molecule has 0 bridgehead atoms. The summed E-state index contributed by atoms with van der Waals surface area (Å²) < 4.78 is 55.3. The molecule has 27 heavy (non-hydrogen) atoms. The molecule has 0 aromatic heterocycles. The number of carbonyl (C=O) groups is 1. The molecule has 0 aliphatic heterocycles. The summed E-state index contributed by atoms with van der Waals surface area (Å²) >= 11 is 0. The highest BCUT2D eigenvalue weighted by Crippen LogP contribution is 2.11. The van der Waals surface area contributed by atoms with Crippen LogP contribution in [0.5, 0.6) is 0 Å². The average molecular weight is 412 g/mol. The normalized spacial score (nSPS) is 13.1. The Labute approximate surface area is 159 Å². The lowest BCUT2D eigenvalue weighted by Crippen LogP contribution is -2.42. The fourth-order valence-corrected chi connectivity index (χ4v) is 4.15. The first-order valence-corrected chi connectivity index (χ1v) is 11.7. The van der Waals surface area contributed by atoms with Crippen LogP contribution in [-0.4, -0.2) is 40.9 Å². The smallest absolute Gasteiger partial charge is 0.324 e. The summed E-state index contributed by atoms with van der Waals surface area (Å²) in [6, 6.07) is 15.1. The minimum Gasteiger partial charge on any atom is -0.460 e. The number of hydrogen-bond acceptors (Lipinski definition) is 6. The minimum absolute atomic E-state index is 0.0229. The number of ether oxygens (including phenoxy) is 1. The van der Waals surface area contributed by atoms with E-state index in [0.29, 0.717) is 0 Å². The Kier molecular flexibility index (Phi) is 7.11. The Bertz CT molecular complexity index is 957. The number of rotatable bonds is 9. The van der Waals surface area contributed by atoms with Crippen LogP contribution in [-0.2, 0) is 36.0 Å². The Morgan fingerprint density at radius 3 is 2.07 bits per heavy atom. The predicted octanol–water partition coefficient (Wildman–Crippen LogP) is 1.51. The number of esters is 1. The van der Waals surface area contributed by atoms with E-state index in [2.05, 4.69) is 4.72 Å². The third-order valence-electron chi connectivity index (χ3n) is 3.64. The standard InChI is InChI=1S/C18H21NO6S2/c1-26(21,22)13-12-17(18(20)25-14-15-8-4-2-5-9-15)19-27(23,24)16-10-6-3-7-11-16/h2-11,17,19H,12-14H2,1H3/t17-/m1/s1. The predicted molar refractivity (Wildman–Crippen MR) is 101 cm³/mol. The van der Waals surface area contributed by atoms with E-state index >= 15 is 0 Å². The van der Waals surface area contributed by atoms with E-state index < -0.39 is 31.9 Å². The Hall–Kier alpha value is -2.23. The van der Waals surface area contributed by atoms with E-state index in [1.165, 1.54) is 12.1 Å². The monoisotopic (exact) mass is 411 g/mol. The van der Waals surface area contributed by atoms with Gasteiger partial charge in [0.25, 0.3) is 0 Å². The molecule has 7 nitrogen and oxygen atoms in total. The molecule has 0 fully saturated rings. The molecule has 0 amide bonds. The molecule has 9 heteroatoms. The lowest BCUT2D eigenvalue weighted by atomic mass is 10.2. The zero-order valence-corrected chi connectivity index (χ0v) is 16.4. The summed E-state index contributed by atoms with van der Waals surface area (Å²) in [7, 11) is -7.38. The van der Waals surface area contributed by atoms with Crippen molar-refractivity contribution in [1.82, 2.24) is 4.72 Å². The van der Waals surface area contributed by atoms with Crippen LogP contribution in [0.25, 0.3) is 0 Å². The maximum absolute atomic E-state index is 12.5. The molecular formula is C18H21NO6S2. The van der Waals surface area contributed by atoms with Crippen LogP contribution in [0.2, 0.25) is 0 Å². The van der Waals surface area contributed by atoms with Crippen LogP contribution >= 0.6 is 0 Å². The van der Waals surface area contributed by atoms with Gasteiger partial charge in [-0.25, -0.2) is 16.8 Å². The molecule has 0 radical (unpaired) electrons. The maximum Gasteiger partial charge on any atom is 0.324 e. The molecule has 2 rings (SSSR count). The number of sulfone groups is 1. The number of sulfonamides is 1. The van der Waals surface area contributed by atoms with Crippen molar-refractivity contribution in [3.8, 4) is 0 Å². The maximum atomic E-state index is 12.5.